The molecule has 1 aromatic carbocycles. The molecule has 1 saturated carbocycles. The van der Waals surface area contributed by atoms with Gasteiger partial charge in [0.15, 0.2) is 5.76 Å². The summed E-state index contributed by atoms with van der Waals surface area (Å²) in [5.41, 5.74) is 6.07. The molecule has 116 valence electrons. The van der Waals surface area contributed by atoms with E-state index in [1.807, 2.05) is 0 Å². The highest BCUT2D eigenvalue weighted by Gasteiger charge is 2.28. The fourth-order valence-corrected chi connectivity index (χ4v) is 3.01. The molecule has 1 aliphatic carbocycles. The molecule has 0 unspecified atom stereocenters. The average Bonchev–Trinajstić information content (AvgIpc) is 3.16. The summed E-state index contributed by atoms with van der Waals surface area (Å²) in [7, 11) is 0. The Morgan fingerprint density at radius 1 is 1.27 bits per heavy atom. The lowest BCUT2D eigenvalue weighted by Gasteiger charge is -2.18. The summed E-state index contributed by atoms with van der Waals surface area (Å²) in [6.07, 6.45) is 3.06. The molecule has 3 N–H and O–H groups in total. The molecule has 0 bridgehead atoms. The molecule has 0 radical (unpaired) electrons. The van der Waals surface area contributed by atoms with Crippen LogP contribution in [0.5, 0.6) is 0 Å². The third-order valence-electron chi connectivity index (χ3n) is 4.25. The van der Waals surface area contributed by atoms with E-state index in [0.29, 0.717) is 23.8 Å². The van der Waals surface area contributed by atoms with Crippen molar-refractivity contribution in [3.8, 4) is 11.3 Å². The van der Waals surface area contributed by atoms with Crippen LogP contribution in [-0.4, -0.2) is 18.5 Å². The van der Waals surface area contributed by atoms with Gasteiger partial charge in [0.25, 0.3) is 5.91 Å². The second-order valence-corrected chi connectivity index (χ2v) is 5.65. The van der Waals surface area contributed by atoms with E-state index in [9.17, 15) is 9.18 Å². The lowest BCUT2D eigenvalue weighted by molar-refractivity contribution is 0.0901. The van der Waals surface area contributed by atoms with Gasteiger partial charge < -0.3 is 15.5 Å². The van der Waals surface area contributed by atoms with Gasteiger partial charge >= 0.3 is 0 Å². The first-order chi connectivity index (χ1) is 10.7. The molecule has 0 saturated heterocycles. The number of furan rings is 1. The molecule has 4 nitrogen and oxygen atoms in total. The van der Waals surface area contributed by atoms with E-state index < -0.39 is 0 Å². The molecule has 1 heterocycles. The Morgan fingerprint density at radius 3 is 2.86 bits per heavy atom. The van der Waals surface area contributed by atoms with Crippen LogP contribution in [0.2, 0.25) is 0 Å². The number of halogens is 1. The lowest BCUT2D eigenvalue weighted by atomic mass is 10.0. The van der Waals surface area contributed by atoms with Crippen molar-refractivity contribution in [2.45, 2.75) is 25.3 Å². The average molecular weight is 302 g/mol. The number of nitrogens with one attached hydrogen (secondary N) is 1. The van der Waals surface area contributed by atoms with Gasteiger partial charge in [-0.2, -0.15) is 0 Å². The first kappa shape index (κ1) is 14.8. The van der Waals surface area contributed by atoms with Crippen LogP contribution in [0.4, 0.5) is 4.39 Å². The number of hydrogen-bond donors (Lipinski definition) is 2. The molecule has 5 heteroatoms. The normalized spacial score (nSPS) is 21.0. The highest BCUT2D eigenvalue weighted by atomic mass is 19.1. The predicted octanol–water partition coefficient (Wildman–Crippen LogP) is 2.94. The molecule has 2 atom stereocenters. The van der Waals surface area contributed by atoms with E-state index in [2.05, 4.69) is 5.32 Å². The molecule has 3 rings (SSSR count). The van der Waals surface area contributed by atoms with Crippen molar-refractivity contribution in [1.29, 1.82) is 0 Å². The van der Waals surface area contributed by atoms with Gasteiger partial charge in [-0.05, 0) is 49.6 Å². The zero-order valence-electron chi connectivity index (χ0n) is 12.2. The fraction of sp³-hybridized carbons (Fsp3) is 0.353. The second-order valence-electron chi connectivity index (χ2n) is 5.65. The maximum absolute atomic E-state index is 13.7. The van der Waals surface area contributed by atoms with Crippen molar-refractivity contribution in [2.75, 3.05) is 6.54 Å². The quantitative estimate of drug-likeness (QED) is 0.912. The van der Waals surface area contributed by atoms with Crippen LogP contribution < -0.4 is 11.1 Å². The van der Waals surface area contributed by atoms with Gasteiger partial charge in [-0.15, -0.1) is 0 Å². The van der Waals surface area contributed by atoms with E-state index in [0.717, 1.165) is 19.3 Å². The van der Waals surface area contributed by atoms with Crippen LogP contribution in [0.1, 0.15) is 29.8 Å². The minimum atomic E-state index is -0.372. The van der Waals surface area contributed by atoms with Gasteiger partial charge in [0, 0.05) is 6.04 Å². The number of nitrogens with two attached hydrogens (primary N) is 1. The smallest absolute Gasteiger partial charge is 0.287 e. The summed E-state index contributed by atoms with van der Waals surface area (Å²) in [6, 6.07) is 9.61. The zero-order valence-corrected chi connectivity index (χ0v) is 12.2. The lowest BCUT2D eigenvalue weighted by Crippen LogP contribution is -2.39. The van der Waals surface area contributed by atoms with Crippen LogP contribution in [0.3, 0.4) is 0 Å². The molecule has 0 spiro atoms. The number of carbonyl (C=O) groups is 1. The highest BCUT2D eigenvalue weighted by molar-refractivity contribution is 5.92. The maximum Gasteiger partial charge on any atom is 0.287 e. The largest absolute Gasteiger partial charge is 0.451 e. The summed E-state index contributed by atoms with van der Waals surface area (Å²) < 4.78 is 19.2. The minimum Gasteiger partial charge on any atom is -0.451 e. The molecule has 1 aromatic heterocycles. The van der Waals surface area contributed by atoms with Crippen molar-refractivity contribution < 1.29 is 13.6 Å². The van der Waals surface area contributed by atoms with E-state index in [1.165, 1.54) is 6.07 Å². The van der Waals surface area contributed by atoms with Crippen LogP contribution in [-0.2, 0) is 0 Å². The number of benzene rings is 1. The van der Waals surface area contributed by atoms with E-state index in [1.54, 1.807) is 30.3 Å². The molecular weight excluding hydrogens is 283 g/mol. The first-order valence-corrected chi connectivity index (χ1v) is 7.54. The predicted molar refractivity (Wildman–Crippen MR) is 81.8 cm³/mol. The van der Waals surface area contributed by atoms with Gasteiger partial charge in [0.05, 0.1) is 5.56 Å². The Hall–Kier alpha value is -2.14. The number of amides is 1. The third-order valence-corrected chi connectivity index (χ3v) is 4.25. The van der Waals surface area contributed by atoms with Crippen LogP contribution >= 0.6 is 0 Å². The molecule has 1 amide bonds. The van der Waals surface area contributed by atoms with Crippen molar-refractivity contribution in [3.05, 3.63) is 48.0 Å². The highest BCUT2D eigenvalue weighted by Crippen LogP contribution is 2.27. The Kier molecular flexibility index (Phi) is 4.24. The maximum atomic E-state index is 13.7. The summed E-state index contributed by atoms with van der Waals surface area (Å²) >= 11 is 0. The molecule has 0 aliphatic heterocycles. The van der Waals surface area contributed by atoms with Crippen molar-refractivity contribution >= 4 is 5.91 Å². The third kappa shape index (κ3) is 2.90. The van der Waals surface area contributed by atoms with Gasteiger partial charge in [-0.1, -0.05) is 18.6 Å². The summed E-state index contributed by atoms with van der Waals surface area (Å²) in [5, 5.41) is 2.97. The molecule has 22 heavy (non-hydrogen) atoms. The van der Waals surface area contributed by atoms with Crippen molar-refractivity contribution in [2.24, 2.45) is 11.7 Å². The van der Waals surface area contributed by atoms with Crippen LogP contribution in [0.15, 0.2) is 40.8 Å². The van der Waals surface area contributed by atoms with Crippen LogP contribution in [0.25, 0.3) is 11.3 Å². The Balaban J connectivity index is 1.73. The second kappa shape index (κ2) is 6.32. The zero-order chi connectivity index (χ0) is 15.5. The summed E-state index contributed by atoms with van der Waals surface area (Å²) in [4.78, 5) is 12.3. The van der Waals surface area contributed by atoms with E-state index in [4.69, 9.17) is 10.2 Å². The summed E-state index contributed by atoms with van der Waals surface area (Å²) in [6.45, 7) is 0.573. The van der Waals surface area contributed by atoms with Gasteiger partial charge in [-0.25, -0.2) is 4.39 Å². The first-order valence-electron chi connectivity index (χ1n) is 7.54. The topological polar surface area (TPSA) is 68.3 Å². The van der Waals surface area contributed by atoms with E-state index >= 15 is 0 Å². The molecular formula is C17H19FN2O2. The van der Waals surface area contributed by atoms with Gasteiger partial charge in [0.2, 0.25) is 0 Å². The Labute approximate surface area is 128 Å². The molecule has 1 fully saturated rings. The van der Waals surface area contributed by atoms with Crippen LogP contribution in [0, 0.1) is 11.7 Å². The molecule has 2 aromatic rings. The summed E-state index contributed by atoms with van der Waals surface area (Å²) in [5.74, 6) is 0.228. The van der Waals surface area contributed by atoms with Gasteiger partial charge in [-0.3, -0.25) is 4.79 Å². The standard InChI is InChI=1S/C17H19FN2O2/c18-13-6-2-1-5-12(13)15-8-9-16(22-15)17(21)20-14-7-3-4-11(14)10-19/h1-2,5-6,8-9,11,14H,3-4,7,10,19H2,(H,20,21)/t11-,14-/m0/s1. The van der Waals surface area contributed by atoms with Crippen molar-refractivity contribution in [1.82, 2.24) is 5.32 Å². The Bertz CT molecular complexity index is 668. The van der Waals surface area contributed by atoms with E-state index in [-0.39, 0.29) is 23.5 Å². The fourth-order valence-electron chi connectivity index (χ4n) is 3.01. The number of carbonyl (C=O) groups excluding carboxylic acids is 1. The van der Waals surface area contributed by atoms with Crippen molar-refractivity contribution in [3.63, 3.8) is 0 Å². The minimum absolute atomic E-state index is 0.0968. The van der Waals surface area contributed by atoms with Gasteiger partial charge in [0.1, 0.15) is 11.6 Å². The SMILES string of the molecule is NC[C@@H]1CCC[C@@H]1NC(=O)c1ccc(-c2ccccc2F)o1. The Morgan fingerprint density at radius 2 is 2.09 bits per heavy atom. The number of hydrogen-bond acceptors (Lipinski definition) is 3. The monoisotopic (exact) mass is 302 g/mol. The number of rotatable bonds is 4. The molecule has 1 aliphatic rings.